The molecule has 0 aromatic carbocycles. The van der Waals surface area contributed by atoms with Crippen molar-refractivity contribution in [3.05, 3.63) is 0 Å². The lowest BCUT2D eigenvalue weighted by atomic mass is 10.0. The number of hydrogen-bond donors (Lipinski definition) is 3. The summed E-state index contributed by atoms with van der Waals surface area (Å²) in [5.74, 6) is 0. The quantitative estimate of drug-likeness (QED) is 0.642. The number of nitrogens with zero attached hydrogens (tertiary/aromatic N) is 1. The Morgan fingerprint density at radius 3 is 2.44 bits per heavy atom. The zero-order chi connectivity index (χ0) is 13.9. The van der Waals surface area contributed by atoms with Crippen molar-refractivity contribution in [3.63, 3.8) is 0 Å². The van der Waals surface area contributed by atoms with Gasteiger partial charge in [0.1, 0.15) is 5.60 Å². The van der Waals surface area contributed by atoms with Crippen LogP contribution in [-0.4, -0.2) is 58.1 Å². The molecular formula is C11H20N2O5. The number of amides is 2. The van der Waals surface area contributed by atoms with Crippen molar-refractivity contribution >= 4 is 12.2 Å². The van der Waals surface area contributed by atoms with Crippen molar-refractivity contribution in [1.82, 2.24) is 10.2 Å². The predicted molar refractivity (Wildman–Crippen MR) is 63.4 cm³/mol. The lowest BCUT2D eigenvalue weighted by molar-refractivity contribution is 0.0223. The molecule has 0 bridgehead atoms. The minimum absolute atomic E-state index is 0.00417. The minimum Gasteiger partial charge on any atom is -0.465 e. The minimum atomic E-state index is -1.07. The number of rotatable bonds is 1. The highest BCUT2D eigenvalue weighted by molar-refractivity contribution is 5.68. The molecule has 1 heterocycles. The average Bonchev–Trinajstić information content (AvgIpc) is 2.17. The molecule has 0 aromatic rings. The number of alkyl carbamates (subject to hydrolysis) is 1. The van der Waals surface area contributed by atoms with Crippen LogP contribution in [0.3, 0.4) is 0 Å². The number of nitrogens with one attached hydrogen (secondary N) is 1. The van der Waals surface area contributed by atoms with Gasteiger partial charge in [0.05, 0.1) is 18.7 Å². The van der Waals surface area contributed by atoms with E-state index in [9.17, 15) is 14.7 Å². The average molecular weight is 260 g/mol. The first-order valence-electron chi connectivity index (χ1n) is 5.84. The Balaban J connectivity index is 2.45. The molecule has 0 aromatic heterocycles. The van der Waals surface area contributed by atoms with E-state index in [1.54, 1.807) is 20.8 Å². The van der Waals surface area contributed by atoms with Crippen LogP contribution in [0.2, 0.25) is 0 Å². The second kappa shape index (κ2) is 5.43. The maximum atomic E-state index is 11.5. The van der Waals surface area contributed by atoms with Gasteiger partial charge < -0.3 is 25.2 Å². The zero-order valence-electron chi connectivity index (χ0n) is 10.8. The van der Waals surface area contributed by atoms with E-state index in [0.717, 1.165) is 4.90 Å². The highest BCUT2D eigenvalue weighted by Crippen LogP contribution is 2.13. The molecule has 0 spiro atoms. The Morgan fingerprint density at radius 1 is 1.39 bits per heavy atom. The van der Waals surface area contributed by atoms with Gasteiger partial charge in [-0.15, -0.1) is 0 Å². The number of β-amino-alcohol motifs (C(OH)–C–C–N with tert-alkyl or cyclic N) is 1. The molecule has 7 nitrogen and oxygen atoms in total. The predicted octanol–water partition coefficient (Wildman–Crippen LogP) is 0.624. The second-order valence-corrected chi connectivity index (χ2v) is 5.34. The van der Waals surface area contributed by atoms with Crippen molar-refractivity contribution in [3.8, 4) is 0 Å². The lowest BCUT2D eigenvalue weighted by Gasteiger charge is -2.34. The summed E-state index contributed by atoms with van der Waals surface area (Å²) in [5, 5.41) is 21.1. The standard InChI is InChI=1S/C11H20N2O5/c1-11(2,3)18-9(15)12-7-4-5-13(10(16)17)6-8(7)14/h7-8,14H,4-6H2,1-3H3,(H,12,15)(H,16,17)/t7-,8-/m0/s1. The fraction of sp³-hybridized carbons (Fsp3) is 0.818. The Morgan fingerprint density at radius 2 is 2.00 bits per heavy atom. The Labute approximate surface area is 106 Å². The number of ether oxygens (including phenoxy) is 1. The molecule has 7 heteroatoms. The summed E-state index contributed by atoms with van der Waals surface area (Å²) in [6.07, 6.45) is -2.21. The first-order chi connectivity index (χ1) is 8.19. The van der Waals surface area contributed by atoms with E-state index < -0.39 is 29.9 Å². The zero-order valence-corrected chi connectivity index (χ0v) is 10.8. The van der Waals surface area contributed by atoms with Gasteiger partial charge in [0.2, 0.25) is 0 Å². The van der Waals surface area contributed by atoms with E-state index in [0.29, 0.717) is 6.42 Å². The highest BCUT2D eigenvalue weighted by atomic mass is 16.6. The van der Waals surface area contributed by atoms with Crippen LogP contribution < -0.4 is 5.32 Å². The van der Waals surface area contributed by atoms with Crippen molar-refractivity contribution in [2.24, 2.45) is 0 Å². The fourth-order valence-electron chi connectivity index (χ4n) is 1.73. The topological polar surface area (TPSA) is 99.1 Å². The van der Waals surface area contributed by atoms with Gasteiger partial charge in [-0.3, -0.25) is 0 Å². The van der Waals surface area contributed by atoms with Gasteiger partial charge >= 0.3 is 12.2 Å². The molecule has 0 unspecified atom stereocenters. The Hall–Kier alpha value is -1.50. The van der Waals surface area contributed by atoms with Crippen molar-refractivity contribution in [2.45, 2.75) is 44.9 Å². The lowest BCUT2D eigenvalue weighted by Crippen LogP contribution is -2.55. The molecule has 1 aliphatic heterocycles. The van der Waals surface area contributed by atoms with E-state index in [1.807, 2.05) is 0 Å². The number of likely N-dealkylation sites (tertiary alicyclic amines) is 1. The normalized spacial score (nSPS) is 24.6. The number of aliphatic hydroxyl groups excluding tert-OH is 1. The summed E-state index contributed by atoms with van der Waals surface area (Å²) in [6, 6.07) is -0.476. The summed E-state index contributed by atoms with van der Waals surface area (Å²) in [4.78, 5) is 23.4. The third-order valence-corrected chi connectivity index (χ3v) is 2.55. The molecule has 0 radical (unpaired) electrons. The van der Waals surface area contributed by atoms with Crippen LogP contribution in [0.1, 0.15) is 27.2 Å². The van der Waals surface area contributed by atoms with Gasteiger partial charge in [0.25, 0.3) is 0 Å². The van der Waals surface area contributed by atoms with E-state index in [-0.39, 0.29) is 13.1 Å². The molecule has 1 aliphatic rings. The summed E-state index contributed by atoms with van der Waals surface area (Å²) < 4.78 is 5.07. The monoisotopic (exact) mass is 260 g/mol. The van der Waals surface area contributed by atoms with Crippen molar-refractivity contribution in [2.75, 3.05) is 13.1 Å². The number of carboxylic acid groups (broad SMARTS) is 1. The number of carbonyl (C=O) groups is 2. The molecule has 2 atom stereocenters. The van der Waals surface area contributed by atoms with E-state index in [2.05, 4.69) is 5.32 Å². The molecule has 104 valence electrons. The number of hydrogen-bond acceptors (Lipinski definition) is 4. The maximum absolute atomic E-state index is 11.5. The molecular weight excluding hydrogens is 240 g/mol. The van der Waals surface area contributed by atoms with Crippen LogP contribution >= 0.6 is 0 Å². The van der Waals surface area contributed by atoms with Gasteiger partial charge in [-0.25, -0.2) is 9.59 Å². The molecule has 1 saturated heterocycles. The summed E-state index contributed by atoms with van der Waals surface area (Å²) >= 11 is 0. The number of carbonyl (C=O) groups excluding carboxylic acids is 1. The van der Waals surface area contributed by atoms with E-state index >= 15 is 0 Å². The summed E-state index contributed by atoms with van der Waals surface area (Å²) in [5.41, 5.74) is -0.600. The third-order valence-electron chi connectivity index (χ3n) is 2.55. The maximum Gasteiger partial charge on any atom is 0.407 e. The third kappa shape index (κ3) is 4.40. The van der Waals surface area contributed by atoms with Gasteiger partial charge in [-0.1, -0.05) is 0 Å². The molecule has 0 saturated carbocycles. The fourth-order valence-corrected chi connectivity index (χ4v) is 1.73. The molecule has 1 fully saturated rings. The smallest absolute Gasteiger partial charge is 0.407 e. The van der Waals surface area contributed by atoms with Gasteiger partial charge in [-0.2, -0.15) is 0 Å². The van der Waals surface area contributed by atoms with Crippen molar-refractivity contribution in [1.29, 1.82) is 0 Å². The molecule has 1 rings (SSSR count). The van der Waals surface area contributed by atoms with Crippen LogP contribution in [0, 0.1) is 0 Å². The van der Waals surface area contributed by atoms with Gasteiger partial charge in [0, 0.05) is 6.54 Å². The molecule has 0 aliphatic carbocycles. The second-order valence-electron chi connectivity index (χ2n) is 5.34. The summed E-state index contributed by atoms with van der Waals surface area (Å²) in [7, 11) is 0. The van der Waals surface area contributed by atoms with E-state index in [4.69, 9.17) is 9.84 Å². The SMILES string of the molecule is CC(C)(C)OC(=O)N[C@H]1CCN(C(=O)O)C[C@@H]1O. The summed E-state index contributed by atoms with van der Waals surface area (Å²) in [6.45, 7) is 5.52. The molecule has 3 N–H and O–H groups in total. The largest absolute Gasteiger partial charge is 0.465 e. The first-order valence-corrected chi connectivity index (χ1v) is 5.84. The molecule has 2 amide bonds. The Bertz CT molecular complexity index is 326. The Kier molecular flexibility index (Phi) is 4.39. The first kappa shape index (κ1) is 14.6. The van der Waals surface area contributed by atoms with Crippen LogP contribution in [-0.2, 0) is 4.74 Å². The van der Waals surface area contributed by atoms with Crippen LogP contribution in [0.5, 0.6) is 0 Å². The van der Waals surface area contributed by atoms with Crippen molar-refractivity contribution < 1.29 is 24.5 Å². The van der Waals surface area contributed by atoms with Gasteiger partial charge in [0.15, 0.2) is 0 Å². The number of aliphatic hydroxyl groups is 1. The van der Waals surface area contributed by atoms with Crippen LogP contribution in [0.4, 0.5) is 9.59 Å². The highest BCUT2D eigenvalue weighted by Gasteiger charge is 2.32. The molecule has 18 heavy (non-hydrogen) atoms. The number of piperidine rings is 1. The van der Waals surface area contributed by atoms with Gasteiger partial charge in [-0.05, 0) is 27.2 Å². The van der Waals surface area contributed by atoms with Crippen LogP contribution in [0.25, 0.3) is 0 Å². The van der Waals surface area contributed by atoms with E-state index in [1.165, 1.54) is 0 Å². The van der Waals surface area contributed by atoms with Crippen LogP contribution in [0.15, 0.2) is 0 Å².